The van der Waals surface area contributed by atoms with Crippen LogP contribution in [0.15, 0.2) is 24.3 Å². The van der Waals surface area contributed by atoms with Gasteiger partial charge >= 0.3 is 11.8 Å². The van der Waals surface area contributed by atoms with Crippen LogP contribution >= 0.6 is 0 Å². The van der Waals surface area contributed by atoms with Gasteiger partial charge < -0.3 is 16.0 Å². The van der Waals surface area contributed by atoms with Crippen LogP contribution in [0.5, 0.6) is 0 Å². The Bertz CT molecular complexity index is 497. The lowest BCUT2D eigenvalue weighted by Crippen LogP contribution is -2.37. The molecule has 0 aliphatic heterocycles. The van der Waals surface area contributed by atoms with E-state index in [9.17, 15) is 14.4 Å². The minimum atomic E-state index is -0.699. The highest BCUT2D eigenvalue weighted by Gasteiger charge is 2.18. The molecule has 6 nitrogen and oxygen atoms in total. The number of nitrogens with one attached hydrogen (secondary N) is 1. The fraction of sp³-hybridized carbons (Fsp3) is 0.357. The van der Waals surface area contributed by atoms with Crippen LogP contribution in [-0.4, -0.2) is 36.2 Å². The number of carbonyl (C=O) groups excluding carboxylic acids is 3. The number of likely N-dealkylation sites (N-methyl/N-ethyl adjacent to an activating group) is 1. The second-order valence-electron chi connectivity index (χ2n) is 4.48. The highest BCUT2D eigenvalue weighted by atomic mass is 16.2. The van der Waals surface area contributed by atoms with Crippen molar-refractivity contribution in [3.8, 4) is 0 Å². The Hall–Kier alpha value is -2.37. The fourth-order valence-electron chi connectivity index (χ4n) is 1.57. The molecule has 108 valence electrons. The van der Waals surface area contributed by atoms with Crippen molar-refractivity contribution in [3.63, 3.8) is 0 Å². The van der Waals surface area contributed by atoms with Crippen molar-refractivity contribution < 1.29 is 14.4 Å². The van der Waals surface area contributed by atoms with Crippen LogP contribution in [0, 0.1) is 0 Å². The third-order valence-electron chi connectivity index (χ3n) is 2.82. The lowest BCUT2D eigenvalue weighted by Gasteiger charge is -2.16. The first-order valence-electron chi connectivity index (χ1n) is 6.42. The molecule has 1 aromatic rings. The van der Waals surface area contributed by atoms with E-state index in [1.807, 2.05) is 6.92 Å². The summed E-state index contributed by atoms with van der Waals surface area (Å²) >= 11 is 0. The molecule has 0 bridgehead atoms. The molecular formula is C14H19N3O3. The summed E-state index contributed by atoms with van der Waals surface area (Å²) in [6.07, 6.45) is 1.80. The van der Waals surface area contributed by atoms with Gasteiger partial charge in [-0.25, -0.2) is 0 Å². The molecule has 0 heterocycles. The predicted octanol–water partition coefficient (Wildman–Crippen LogP) is 0.982. The second-order valence-corrected chi connectivity index (χ2v) is 4.48. The lowest BCUT2D eigenvalue weighted by molar-refractivity contribution is -0.142. The van der Waals surface area contributed by atoms with Gasteiger partial charge in [0.05, 0.1) is 0 Å². The molecule has 0 saturated carbocycles. The van der Waals surface area contributed by atoms with Gasteiger partial charge in [-0.15, -0.1) is 0 Å². The molecule has 0 saturated heterocycles. The first-order chi connectivity index (χ1) is 9.45. The van der Waals surface area contributed by atoms with Gasteiger partial charge in [-0.2, -0.15) is 0 Å². The molecule has 6 heteroatoms. The topological polar surface area (TPSA) is 92.5 Å². The van der Waals surface area contributed by atoms with E-state index in [-0.39, 0.29) is 0 Å². The van der Waals surface area contributed by atoms with Gasteiger partial charge in [-0.1, -0.05) is 13.3 Å². The molecular weight excluding hydrogens is 258 g/mol. The summed E-state index contributed by atoms with van der Waals surface area (Å²) in [5, 5.41) is 2.48. The van der Waals surface area contributed by atoms with Gasteiger partial charge in [0.2, 0.25) is 5.91 Å². The van der Waals surface area contributed by atoms with E-state index in [4.69, 9.17) is 5.73 Å². The van der Waals surface area contributed by atoms with Crippen molar-refractivity contribution in [1.82, 2.24) is 4.90 Å². The molecule has 0 radical (unpaired) electrons. The lowest BCUT2D eigenvalue weighted by atomic mass is 10.2. The Balaban J connectivity index is 2.61. The molecule has 0 aliphatic rings. The van der Waals surface area contributed by atoms with E-state index >= 15 is 0 Å². The zero-order valence-electron chi connectivity index (χ0n) is 11.7. The summed E-state index contributed by atoms with van der Waals surface area (Å²) < 4.78 is 0. The third-order valence-corrected chi connectivity index (χ3v) is 2.82. The smallest absolute Gasteiger partial charge is 0.313 e. The van der Waals surface area contributed by atoms with Crippen LogP contribution in [0.3, 0.4) is 0 Å². The maximum Gasteiger partial charge on any atom is 0.313 e. The molecule has 0 spiro atoms. The predicted molar refractivity (Wildman–Crippen MR) is 76.1 cm³/mol. The van der Waals surface area contributed by atoms with E-state index in [0.29, 0.717) is 17.8 Å². The summed E-state index contributed by atoms with van der Waals surface area (Å²) in [7, 11) is 1.59. The first-order valence-corrected chi connectivity index (χ1v) is 6.42. The number of unbranched alkanes of at least 4 members (excludes halogenated alkanes) is 1. The molecule has 0 aliphatic carbocycles. The molecule has 3 N–H and O–H groups in total. The molecule has 0 fully saturated rings. The SMILES string of the molecule is CCCCN(C)C(=O)C(=O)Nc1ccc(C(N)=O)cc1. The van der Waals surface area contributed by atoms with Gasteiger partial charge in [-0.3, -0.25) is 14.4 Å². The summed E-state index contributed by atoms with van der Waals surface area (Å²) in [5.41, 5.74) is 5.90. The third kappa shape index (κ3) is 4.38. The van der Waals surface area contributed by atoms with Gasteiger partial charge in [0.25, 0.3) is 0 Å². The minimum Gasteiger partial charge on any atom is -0.366 e. The first kappa shape index (κ1) is 15.7. The van der Waals surface area contributed by atoms with Crippen LogP contribution in [0.4, 0.5) is 5.69 Å². The number of rotatable bonds is 5. The average Bonchev–Trinajstić information content (AvgIpc) is 2.44. The number of hydrogen-bond donors (Lipinski definition) is 2. The number of benzene rings is 1. The van der Waals surface area contributed by atoms with E-state index in [1.165, 1.54) is 29.2 Å². The van der Waals surface area contributed by atoms with Gasteiger partial charge in [-0.05, 0) is 30.7 Å². The van der Waals surface area contributed by atoms with Gasteiger partial charge in [0.1, 0.15) is 0 Å². The average molecular weight is 277 g/mol. The summed E-state index contributed by atoms with van der Waals surface area (Å²) in [6, 6.07) is 6.03. The second kappa shape index (κ2) is 7.28. The highest BCUT2D eigenvalue weighted by molar-refractivity contribution is 6.39. The monoisotopic (exact) mass is 277 g/mol. The number of carbonyl (C=O) groups is 3. The number of amides is 3. The van der Waals surface area contributed by atoms with E-state index < -0.39 is 17.7 Å². The van der Waals surface area contributed by atoms with Crippen molar-refractivity contribution in [2.75, 3.05) is 18.9 Å². The van der Waals surface area contributed by atoms with Crippen LogP contribution in [-0.2, 0) is 9.59 Å². The molecule has 3 amide bonds. The number of hydrogen-bond acceptors (Lipinski definition) is 3. The Morgan fingerprint density at radius 3 is 2.30 bits per heavy atom. The number of primary amides is 1. The van der Waals surface area contributed by atoms with Crippen molar-refractivity contribution in [1.29, 1.82) is 0 Å². The molecule has 20 heavy (non-hydrogen) atoms. The maximum absolute atomic E-state index is 11.8. The Kier molecular flexibility index (Phi) is 5.71. The Labute approximate surface area is 117 Å². The Morgan fingerprint density at radius 2 is 1.80 bits per heavy atom. The standard InChI is InChI=1S/C14H19N3O3/c1-3-4-9-17(2)14(20)13(19)16-11-7-5-10(6-8-11)12(15)18/h5-8H,3-4,9H2,1-2H3,(H2,15,18)(H,16,19). The maximum atomic E-state index is 11.8. The molecule has 1 rings (SSSR count). The van der Waals surface area contributed by atoms with Crippen LogP contribution in [0.25, 0.3) is 0 Å². The zero-order chi connectivity index (χ0) is 15.1. The van der Waals surface area contributed by atoms with E-state index in [0.717, 1.165) is 12.8 Å². The molecule has 0 aromatic heterocycles. The summed E-state index contributed by atoms with van der Waals surface area (Å²) in [4.78, 5) is 35.8. The highest BCUT2D eigenvalue weighted by Crippen LogP contribution is 2.09. The number of nitrogens with two attached hydrogens (primary N) is 1. The van der Waals surface area contributed by atoms with E-state index in [2.05, 4.69) is 5.32 Å². The van der Waals surface area contributed by atoms with Crippen molar-refractivity contribution in [2.24, 2.45) is 5.73 Å². The summed E-state index contributed by atoms with van der Waals surface area (Å²) in [6.45, 7) is 2.56. The quantitative estimate of drug-likeness (QED) is 0.786. The Morgan fingerprint density at radius 1 is 1.20 bits per heavy atom. The molecule has 0 atom stereocenters. The minimum absolute atomic E-state index is 0.342. The van der Waals surface area contributed by atoms with Crippen LogP contribution in [0.2, 0.25) is 0 Å². The van der Waals surface area contributed by atoms with Gasteiger partial charge in [0, 0.05) is 24.8 Å². The van der Waals surface area contributed by atoms with Crippen molar-refractivity contribution in [3.05, 3.63) is 29.8 Å². The van der Waals surface area contributed by atoms with Gasteiger partial charge in [0.15, 0.2) is 0 Å². The van der Waals surface area contributed by atoms with Crippen molar-refractivity contribution in [2.45, 2.75) is 19.8 Å². The number of nitrogens with zero attached hydrogens (tertiary/aromatic N) is 1. The molecule has 1 aromatic carbocycles. The number of anilines is 1. The largest absolute Gasteiger partial charge is 0.366 e. The fourth-order valence-corrected chi connectivity index (χ4v) is 1.57. The summed E-state index contributed by atoms with van der Waals surface area (Å²) in [5.74, 6) is -1.83. The van der Waals surface area contributed by atoms with Crippen LogP contribution in [0.1, 0.15) is 30.1 Å². The molecule has 0 unspecified atom stereocenters. The van der Waals surface area contributed by atoms with E-state index in [1.54, 1.807) is 7.05 Å². The van der Waals surface area contributed by atoms with Crippen molar-refractivity contribution >= 4 is 23.4 Å². The normalized spacial score (nSPS) is 9.90. The van der Waals surface area contributed by atoms with Crippen LogP contribution < -0.4 is 11.1 Å². The zero-order valence-corrected chi connectivity index (χ0v) is 11.7.